The van der Waals surface area contributed by atoms with Crippen molar-refractivity contribution in [1.29, 1.82) is 0 Å². The van der Waals surface area contributed by atoms with Crippen LogP contribution in [-0.2, 0) is 9.59 Å². The lowest BCUT2D eigenvalue weighted by Crippen LogP contribution is -2.36. The van der Waals surface area contributed by atoms with E-state index in [-0.39, 0.29) is 18.9 Å². The van der Waals surface area contributed by atoms with E-state index in [9.17, 15) is 9.59 Å². The molecule has 0 atom stereocenters. The lowest BCUT2D eigenvalue weighted by Gasteiger charge is -2.23. The Morgan fingerprint density at radius 2 is 1.89 bits per heavy atom. The highest BCUT2D eigenvalue weighted by molar-refractivity contribution is 5.81. The molecule has 0 radical (unpaired) electrons. The van der Waals surface area contributed by atoms with Crippen LogP contribution in [0.5, 0.6) is 0 Å². The standard InChI is InChI=1S/C13H18N2O3/c1-10-3-5-11(6-4-10)15(8-7-13(17)18)9-12(16)14-2/h3-6H,7-9H2,1-2H3,(H,14,16)(H,17,18). The number of carbonyl (C=O) groups excluding carboxylic acids is 1. The van der Waals surface area contributed by atoms with Gasteiger partial charge in [-0.2, -0.15) is 0 Å². The van der Waals surface area contributed by atoms with Crippen molar-refractivity contribution in [3.8, 4) is 0 Å². The van der Waals surface area contributed by atoms with Crippen molar-refractivity contribution in [3.05, 3.63) is 29.8 Å². The summed E-state index contributed by atoms with van der Waals surface area (Å²) in [7, 11) is 1.56. The van der Waals surface area contributed by atoms with Crippen LogP contribution in [0.25, 0.3) is 0 Å². The van der Waals surface area contributed by atoms with E-state index in [1.807, 2.05) is 31.2 Å². The Morgan fingerprint density at radius 1 is 1.28 bits per heavy atom. The van der Waals surface area contributed by atoms with Crippen molar-refractivity contribution in [2.75, 3.05) is 25.0 Å². The summed E-state index contributed by atoms with van der Waals surface area (Å²) in [5, 5.41) is 11.3. The molecule has 5 heteroatoms. The van der Waals surface area contributed by atoms with Crippen LogP contribution < -0.4 is 10.2 Å². The van der Waals surface area contributed by atoms with Gasteiger partial charge in [0, 0.05) is 19.3 Å². The van der Waals surface area contributed by atoms with Gasteiger partial charge in [-0.1, -0.05) is 17.7 Å². The van der Waals surface area contributed by atoms with Gasteiger partial charge in [0.2, 0.25) is 5.91 Å². The predicted molar refractivity (Wildman–Crippen MR) is 69.7 cm³/mol. The van der Waals surface area contributed by atoms with E-state index in [0.717, 1.165) is 11.3 Å². The smallest absolute Gasteiger partial charge is 0.305 e. The molecule has 18 heavy (non-hydrogen) atoms. The Kier molecular flexibility index (Phi) is 5.17. The molecule has 0 aromatic heterocycles. The molecule has 1 aromatic rings. The number of rotatable bonds is 6. The van der Waals surface area contributed by atoms with Crippen molar-refractivity contribution in [2.45, 2.75) is 13.3 Å². The highest BCUT2D eigenvalue weighted by atomic mass is 16.4. The first-order valence-corrected chi connectivity index (χ1v) is 5.77. The first kappa shape index (κ1) is 14.0. The van der Waals surface area contributed by atoms with E-state index < -0.39 is 5.97 Å². The fraction of sp³-hybridized carbons (Fsp3) is 0.385. The summed E-state index contributed by atoms with van der Waals surface area (Å²) in [6, 6.07) is 7.65. The molecule has 0 heterocycles. The number of benzene rings is 1. The van der Waals surface area contributed by atoms with Gasteiger partial charge >= 0.3 is 5.97 Å². The number of carboxylic acids is 1. The molecule has 5 nitrogen and oxygen atoms in total. The molecule has 0 aliphatic rings. The maximum Gasteiger partial charge on any atom is 0.305 e. The zero-order valence-corrected chi connectivity index (χ0v) is 10.6. The van der Waals surface area contributed by atoms with Crippen LogP contribution in [0.2, 0.25) is 0 Å². The third-order valence-corrected chi connectivity index (χ3v) is 2.61. The minimum Gasteiger partial charge on any atom is -0.481 e. The van der Waals surface area contributed by atoms with Crippen LogP contribution >= 0.6 is 0 Å². The molecule has 2 N–H and O–H groups in total. The van der Waals surface area contributed by atoms with Gasteiger partial charge in [-0.25, -0.2) is 0 Å². The molecule has 0 saturated carbocycles. The monoisotopic (exact) mass is 250 g/mol. The number of hydrogen-bond donors (Lipinski definition) is 2. The maximum atomic E-state index is 11.4. The maximum absolute atomic E-state index is 11.4. The van der Waals surface area contributed by atoms with Crippen LogP contribution in [-0.4, -0.2) is 37.1 Å². The minimum absolute atomic E-state index is 0.00483. The van der Waals surface area contributed by atoms with Crippen molar-refractivity contribution < 1.29 is 14.7 Å². The summed E-state index contributed by atoms with van der Waals surface area (Å²) in [5.41, 5.74) is 1.97. The number of aryl methyl sites for hydroxylation is 1. The summed E-state index contributed by atoms with van der Waals surface area (Å²) in [4.78, 5) is 23.8. The molecule has 1 aromatic carbocycles. The predicted octanol–water partition coefficient (Wildman–Crippen LogP) is 1.02. The number of hydrogen-bond acceptors (Lipinski definition) is 3. The number of likely N-dealkylation sites (N-methyl/N-ethyl adjacent to an activating group) is 1. The van der Waals surface area contributed by atoms with E-state index in [2.05, 4.69) is 5.32 Å². The Hall–Kier alpha value is -2.04. The lowest BCUT2D eigenvalue weighted by molar-refractivity contribution is -0.136. The van der Waals surface area contributed by atoms with Crippen LogP contribution in [0.15, 0.2) is 24.3 Å². The molecule has 0 saturated heterocycles. The fourth-order valence-electron chi connectivity index (χ4n) is 1.54. The topological polar surface area (TPSA) is 69.6 Å². The quantitative estimate of drug-likeness (QED) is 0.791. The van der Waals surface area contributed by atoms with Crippen LogP contribution in [0.4, 0.5) is 5.69 Å². The molecule has 0 unspecified atom stereocenters. The van der Waals surface area contributed by atoms with Gasteiger partial charge in [0.15, 0.2) is 0 Å². The second-order valence-electron chi connectivity index (χ2n) is 4.07. The average molecular weight is 250 g/mol. The summed E-state index contributed by atoms with van der Waals surface area (Å²) in [6.07, 6.45) is 0.00483. The SMILES string of the molecule is CNC(=O)CN(CCC(=O)O)c1ccc(C)cc1. The number of carbonyl (C=O) groups is 2. The molecule has 98 valence electrons. The minimum atomic E-state index is -0.871. The largest absolute Gasteiger partial charge is 0.481 e. The van der Waals surface area contributed by atoms with Crippen molar-refractivity contribution in [2.24, 2.45) is 0 Å². The molecular formula is C13H18N2O3. The molecule has 1 rings (SSSR count). The second-order valence-corrected chi connectivity index (χ2v) is 4.07. The van der Waals surface area contributed by atoms with E-state index >= 15 is 0 Å². The zero-order chi connectivity index (χ0) is 13.5. The van der Waals surface area contributed by atoms with E-state index in [4.69, 9.17) is 5.11 Å². The molecular weight excluding hydrogens is 232 g/mol. The highest BCUT2D eigenvalue weighted by Crippen LogP contribution is 2.15. The van der Waals surface area contributed by atoms with Crippen molar-refractivity contribution in [1.82, 2.24) is 5.32 Å². The highest BCUT2D eigenvalue weighted by Gasteiger charge is 2.12. The Labute approximate surface area is 106 Å². The summed E-state index contributed by atoms with van der Waals surface area (Å²) in [6.45, 7) is 2.45. The lowest BCUT2D eigenvalue weighted by atomic mass is 10.2. The Balaban J connectivity index is 2.78. The number of carboxylic acid groups (broad SMARTS) is 1. The number of amides is 1. The summed E-state index contributed by atoms with van der Waals surface area (Å²) in [5.74, 6) is -1.01. The number of aliphatic carboxylic acids is 1. The van der Waals surface area contributed by atoms with E-state index in [1.54, 1.807) is 11.9 Å². The van der Waals surface area contributed by atoms with Gasteiger partial charge in [-0.3, -0.25) is 9.59 Å². The fourth-order valence-corrected chi connectivity index (χ4v) is 1.54. The van der Waals surface area contributed by atoms with E-state index in [1.165, 1.54) is 0 Å². The third kappa shape index (κ3) is 4.45. The summed E-state index contributed by atoms with van der Waals surface area (Å²) >= 11 is 0. The van der Waals surface area contributed by atoms with Crippen LogP contribution in [0.1, 0.15) is 12.0 Å². The molecule has 0 bridgehead atoms. The zero-order valence-electron chi connectivity index (χ0n) is 10.6. The summed E-state index contributed by atoms with van der Waals surface area (Å²) < 4.78 is 0. The first-order chi connectivity index (χ1) is 8.52. The molecule has 1 amide bonds. The second kappa shape index (κ2) is 6.64. The van der Waals surface area contributed by atoms with Crippen molar-refractivity contribution >= 4 is 17.6 Å². The van der Waals surface area contributed by atoms with Gasteiger partial charge < -0.3 is 15.3 Å². The van der Waals surface area contributed by atoms with Crippen molar-refractivity contribution in [3.63, 3.8) is 0 Å². The molecule has 0 aliphatic carbocycles. The Morgan fingerprint density at radius 3 is 2.39 bits per heavy atom. The molecule has 0 aliphatic heterocycles. The van der Waals surface area contributed by atoms with Crippen LogP contribution in [0, 0.1) is 6.92 Å². The van der Waals surface area contributed by atoms with Gasteiger partial charge in [0.05, 0.1) is 13.0 Å². The van der Waals surface area contributed by atoms with E-state index in [0.29, 0.717) is 6.54 Å². The molecule has 0 spiro atoms. The Bertz CT molecular complexity index is 415. The van der Waals surface area contributed by atoms with Gasteiger partial charge in [0.1, 0.15) is 0 Å². The van der Waals surface area contributed by atoms with Gasteiger partial charge in [0.25, 0.3) is 0 Å². The number of anilines is 1. The van der Waals surface area contributed by atoms with Crippen LogP contribution in [0.3, 0.4) is 0 Å². The number of nitrogens with zero attached hydrogens (tertiary/aromatic N) is 1. The molecule has 0 fully saturated rings. The normalized spacial score (nSPS) is 9.89. The first-order valence-electron chi connectivity index (χ1n) is 5.77. The third-order valence-electron chi connectivity index (χ3n) is 2.61. The average Bonchev–Trinajstić information content (AvgIpc) is 2.35. The van der Waals surface area contributed by atoms with Gasteiger partial charge in [-0.15, -0.1) is 0 Å². The van der Waals surface area contributed by atoms with Gasteiger partial charge in [-0.05, 0) is 19.1 Å². The number of nitrogens with one attached hydrogen (secondary N) is 1.